The van der Waals surface area contributed by atoms with Crippen molar-refractivity contribution in [3.8, 4) is 6.07 Å². The molecule has 4 nitrogen and oxygen atoms in total. The minimum absolute atomic E-state index is 0.288. The van der Waals surface area contributed by atoms with Crippen molar-refractivity contribution in [3.63, 3.8) is 0 Å². The molecule has 0 aliphatic carbocycles. The fourth-order valence-corrected chi connectivity index (χ4v) is 6.17. The summed E-state index contributed by atoms with van der Waals surface area (Å²) in [4.78, 5) is 12.0. The Kier molecular flexibility index (Phi) is 6.07. The fourth-order valence-electron chi connectivity index (χ4n) is 3.00. The van der Waals surface area contributed by atoms with E-state index in [0.29, 0.717) is 11.3 Å². The largest absolute Gasteiger partial charge is 0.279 e. The molecule has 0 unspecified atom stereocenters. The van der Waals surface area contributed by atoms with Gasteiger partial charge in [0.2, 0.25) is 4.87 Å². The van der Waals surface area contributed by atoms with Crippen LogP contribution in [0.1, 0.15) is 24.5 Å². The second-order valence-corrected chi connectivity index (χ2v) is 9.10. The molecule has 0 saturated carbocycles. The van der Waals surface area contributed by atoms with Gasteiger partial charge in [0.25, 0.3) is 5.91 Å². The fraction of sp³-hybridized carbons (Fsp3) is 0.300. The average Bonchev–Trinajstić information content (AvgIpc) is 2.71. The van der Waals surface area contributed by atoms with Crippen molar-refractivity contribution in [3.05, 3.63) is 65.7 Å². The summed E-state index contributed by atoms with van der Waals surface area (Å²) in [5.74, 6) is -0.288. The number of anilines is 1. The van der Waals surface area contributed by atoms with Crippen LogP contribution in [0.4, 0.5) is 5.69 Å². The van der Waals surface area contributed by atoms with Gasteiger partial charge in [-0.1, -0.05) is 66.6 Å². The van der Waals surface area contributed by atoms with E-state index >= 15 is 0 Å². The van der Waals surface area contributed by atoms with E-state index in [4.69, 9.17) is 11.6 Å². The molecule has 1 heterocycles. The number of β-lactam (4-membered cyclic amide) rings is 1. The lowest BCUT2D eigenvalue weighted by atomic mass is 9.79. The van der Waals surface area contributed by atoms with Crippen LogP contribution in [-0.2, 0) is 9.67 Å². The number of benzene rings is 2. The third kappa shape index (κ3) is 3.23. The van der Waals surface area contributed by atoms with Crippen LogP contribution < -0.4 is 9.62 Å². The molecular weight excluding hydrogens is 398 g/mol. The number of halogens is 1. The summed E-state index contributed by atoms with van der Waals surface area (Å²) in [6.07, 6.45) is 0.971. The predicted molar refractivity (Wildman–Crippen MR) is 114 cm³/mol. The maximum atomic E-state index is 13.2. The highest BCUT2D eigenvalue weighted by atomic mass is 35.5. The lowest BCUT2D eigenvalue weighted by molar-refractivity contribution is -0.128. The molecule has 1 saturated heterocycles. The van der Waals surface area contributed by atoms with E-state index in [9.17, 15) is 10.1 Å². The molecule has 3 rings (SSSR count). The number of amides is 1. The van der Waals surface area contributed by atoms with Crippen molar-refractivity contribution < 1.29 is 4.79 Å². The van der Waals surface area contributed by atoms with E-state index in [1.807, 2.05) is 49.4 Å². The Morgan fingerprint density at radius 3 is 2.44 bits per heavy atom. The van der Waals surface area contributed by atoms with Crippen molar-refractivity contribution in [2.75, 3.05) is 11.4 Å². The Balaban J connectivity index is 2.04. The number of alkyl halides is 1. The van der Waals surface area contributed by atoms with E-state index in [1.165, 1.54) is 26.7 Å². The molecule has 1 fully saturated rings. The SMILES string of the molecule is CCCNSS[C@@]1(C#N)N(c2ccc(C)cc2)C(=O)[C@]1(Cl)c1ccccc1. The van der Waals surface area contributed by atoms with E-state index in [1.54, 1.807) is 12.1 Å². The summed E-state index contributed by atoms with van der Waals surface area (Å²) in [6.45, 7) is 4.85. The van der Waals surface area contributed by atoms with E-state index in [2.05, 4.69) is 17.7 Å². The normalized spacial score (nSPS) is 24.4. The monoisotopic (exact) mass is 417 g/mol. The number of nitrogens with zero attached hydrogens (tertiary/aromatic N) is 2. The summed E-state index contributed by atoms with van der Waals surface area (Å²) in [6, 6.07) is 19.0. The molecule has 1 amide bonds. The molecule has 1 aliphatic heterocycles. The van der Waals surface area contributed by atoms with E-state index in [0.717, 1.165) is 18.5 Å². The second kappa shape index (κ2) is 8.15. The maximum absolute atomic E-state index is 13.2. The summed E-state index contributed by atoms with van der Waals surface area (Å²) >= 11 is 6.92. The molecule has 2 aromatic rings. The van der Waals surface area contributed by atoms with Crippen LogP contribution in [0.2, 0.25) is 0 Å². The van der Waals surface area contributed by atoms with Gasteiger partial charge in [-0.2, -0.15) is 5.26 Å². The average molecular weight is 418 g/mol. The van der Waals surface area contributed by atoms with Gasteiger partial charge in [-0.25, -0.2) is 0 Å². The van der Waals surface area contributed by atoms with Crippen LogP contribution >= 0.6 is 33.4 Å². The van der Waals surface area contributed by atoms with Gasteiger partial charge in [-0.05, 0) is 52.8 Å². The molecule has 2 aromatic carbocycles. The van der Waals surface area contributed by atoms with Gasteiger partial charge < -0.3 is 0 Å². The van der Waals surface area contributed by atoms with Crippen LogP contribution in [0.5, 0.6) is 0 Å². The highest BCUT2D eigenvalue weighted by Gasteiger charge is 2.74. The Hall–Kier alpha value is -1.65. The van der Waals surface area contributed by atoms with Gasteiger partial charge in [0.15, 0.2) is 4.87 Å². The molecule has 0 radical (unpaired) electrons. The zero-order valence-corrected chi connectivity index (χ0v) is 17.5. The number of hydrogen-bond donors (Lipinski definition) is 1. The van der Waals surface area contributed by atoms with E-state index in [-0.39, 0.29) is 5.91 Å². The Morgan fingerprint density at radius 1 is 1.19 bits per heavy atom. The summed E-state index contributed by atoms with van der Waals surface area (Å²) < 4.78 is 3.21. The molecule has 7 heteroatoms. The highest BCUT2D eigenvalue weighted by molar-refractivity contribution is 8.76. The third-order valence-corrected chi connectivity index (χ3v) is 7.79. The van der Waals surface area contributed by atoms with Crippen molar-refractivity contribution >= 4 is 45.0 Å². The lowest BCUT2D eigenvalue weighted by Crippen LogP contribution is -2.76. The first kappa shape index (κ1) is 20.1. The number of rotatable bonds is 7. The van der Waals surface area contributed by atoms with Crippen LogP contribution in [0.25, 0.3) is 0 Å². The first-order valence-electron chi connectivity index (χ1n) is 8.66. The highest BCUT2D eigenvalue weighted by Crippen LogP contribution is 2.62. The summed E-state index contributed by atoms with van der Waals surface area (Å²) in [5.41, 5.74) is 2.38. The zero-order valence-electron chi connectivity index (χ0n) is 15.1. The maximum Gasteiger partial charge on any atom is 0.259 e. The summed E-state index contributed by atoms with van der Waals surface area (Å²) in [7, 11) is 2.63. The number of hydrogen-bond acceptors (Lipinski definition) is 5. The van der Waals surface area contributed by atoms with Gasteiger partial charge in [0, 0.05) is 12.2 Å². The second-order valence-electron chi connectivity index (χ2n) is 6.32. The number of nitriles is 1. The Labute approximate surface area is 172 Å². The van der Waals surface area contributed by atoms with Gasteiger partial charge in [-0.15, -0.1) is 0 Å². The number of carbonyl (C=O) groups excluding carboxylic acids is 1. The first-order valence-corrected chi connectivity index (χ1v) is 11.2. The molecule has 0 aromatic heterocycles. The van der Waals surface area contributed by atoms with Gasteiger partial charge in [0.05, 0.1) is 0 Å². The first-order chi connectivity index (χ1) is 13.0. The van der Waals surface area contributed by atoms with E-state index < -0.39 is 9.75 Å². The third-order valence-electron chi connectivity index (χ3n) is 4.47. The van der Waals surface area contributed by atoms with Gasteiger partial charge >= 0.3 is 0 Å². The minimum Gasteiger partial charge on any atom is -0.279 e. The minimum atomic E-state index is -1.44. The Morgan fingerprint density at radius 2 is 1.85 bits per heavy atom. The van der Waals surface area contributed by atoms with Crippen molar-refractivity contribution in [1.82, 2.24) is 4.72 Å². The number of aryl methyl sites for hydroxylation is 1. The van der Waals surface area contributed by atoms with Gasteiger partial charge in [0.1, 0.15) is 6.07 Å². The standard InChI is InChI=1S/C20H20ClN3OS2/c1-3-13-23-27-26-19(14-22)20(21,16-7-5-4-6-8-16)18(25)24(19)17-11-9-15(2)10-12-17/h4-12,23H,3,13H2,1-2H3/t19-,20-/m1/s1. The zero-order chi connectivity index (χ0) is 19.5. The quantitative estimate of drug-likeness (QED) is 0.226. The number of carbonyl (C=O) groups is 1. The topological polar surface area (TPSA) is 56.1 Å². The molecule has 0 bridgehead atoms. The molecule has 0 spiro atoms. The van der Waals surface area contributed by atoms with Crippen molar-refractivity contribution in [2.24, 2.45) is 0 Å². The smallest absolute Gasteiger partial charge is 0.259 e. The van der Waals surface area contributed by atoms with Crippen molar-refractivity contribution in [2.45, 2.75) is 30.0 Å². The van der Waals surface area contributed by atoms with Gasteiger partial charge in [-0.3, -0.25) is 14.4 Å². The van der Waals surface area contributed by atoms with Crippen LogP contribution in [0.15, 0.2) is 54.6 Å². The van der Waals surface area contributed by atoms with Crippen LogP contribution in [-0.4, -0.2) is 17.3 Å². The van der Waals surface area contributed by atoms with Crippen LogP contribution in [0.3, 0.4) is 0 Å². The van der Waals surface area contributed by atoms with Crippen LogP contribution in [0, 0.1) is 18.3 Å². The predicted octanol–water partition coefficient (Wildman–Crippen LogP) is 4.99. The molecule has 27 heavy (non-hydrogen) atoms. The lowest BCUT2D eigenvalue weighted by Gasteiger charge is -2.57. The number of nitrogens with one attached hydrogen (secondary N) is 1. The molecular formula is C20H20ClN3OS2. The molecule has 2 atom stereocenters. The van der Waals surface area contributed by atoms with Crippen molar-refractivity contribution in [1.29, 1.82) is 5.26 Å². The molecule has 1 N–H and O–H groups in total. The summed E-state index contributed by atoms with van der Waals surface area (Å²) in [5, 5.41) is 10.2. The Bertz CT molecular complexity index is 856. The molecule has 140 valence electrons. The molecule has 1 aliphatic rings.